The molecule has 1 aliphatic heterocycles. The molecule has 28 heavy (non-hydrogen) atoms. The molecule has 0 spiro atoms. The number of halogens is 5. The second kappa shape index (κ2) is 8.42. The first-order chi connectivity index (χ1) is 12.4. The number of aromatic nitrogens is 3. The molecule has 1 amide bonds. The van der Waals surface area contributed by atoms with Crippen LogP contribution >= 0.6 is 24.8 Å². The highest BCUT2D eigenvalue weighted by molar-refractivity contribution is 5.85. The number of carbonyl (C=O) groups is 1. The number of carbonyl (C=O) groups excluding carboxylic acids is 1. The average molecular weight is 440 g/mol. The highest BCUT2D eigenvalue weighted by atomic mass is 35.5. The summed E-state index contributed by atoms with van der Waals surface area (Å²) in [6.07, 6.45) is 0.557. The third kappa shape index (κ3) is 3.92. The van der Waals surface area contributed by atoms with Crippen molar-refractivity contribution in [3.63, 3.8) is 0 Å². The van der Waals surface area contributed by atoms with Gasteiger partial charge in [0, 0.05) is 12.7 Å². The zero-order valence-electron chi connectivity index (χ0n) is 15.0. The molecule has 0 aromatic carbocycles. The maximum atomic E-state index is 12.9. The summed E-state index contributed by atoms with van der Waals surface area (Å²) in [4.78, 5) is 12.9. The van der Waals surface area contributed by atoms with Crippen LogP contribution in [0.2, 0.25) is 0 Å². The van der Waals surface area contributed by atoms with Crippen molar-refractivity contribution < 1.29 is 18.0 Å². The van der Waals surface area contributed by atoms with Crippen LogP contribution in [0.4, 0.5) is 13.2 Å². The lowest BCUT2D eigenvalue weighted by Crippen LogP contribution is -2.47. The van der Waals surface area contributed by atoms with Gasteiger partial charge in [-0.25, -0.2) is 0 Å². The van der Waals surface area contributed by atoms with E-state index >= 15 is 0 Å². The molecule has 2 aromatic heterocycles. The van der Waals surface area contributed by atoms with E-state index in [2.05, 4.69) is 20.8 Å². The minimum absolute atomic E-state index is 0. The molecular weight excluding hydrogens is 418 g/mol. The third-order valence-electron chi connectivity index (χ3n) is 5.70. The van der Waals surface area contributed by atoms with Crippen LogP contribution in [-0.4, -0.2) is 33.6 Å². The Hall–Kier alpha value is -1.58. The maximum Gasteiger partial charge on any atom is 0.417 e. The predicted octanol–water partition coefficient (Wildman–Crippen LogP) is 2.99. The van der Waals surface area contributed by atoms with Crippen LogP contribution in [0.25, 0.3) is 5.65 Å². The number of alkyl halides is 3. The van der Waals surface area contributed by atoms with Crippen LogP contribution < -0.4 is 10.6 Å². The smallest absolute Gasteiger partial charge is 0.348 e. The first kappa shape index (κ1) is 22.7. The average Bonchev–Trinajstić information content (AvgIpc) is 3.23. The van der Waals surface area contributed by atoms with E-state index < -0.39 is 17.2 Å². The van der Waals surface area contributed by atoms with Crippen molar-refractivity contribution in [1.29, 1.82) is 0 Å². The molecule has 1 saturated heterocycles. The molecule has 0 unspecified atom stereocenters. The molecule has 0 bridgehead atoms. The van der Waals surface area contributed by atoms with Gasteiger partial charge in [0.25, 0.3) is 0 Å². The fraction of sp³-hybridized carbons (Fsp3) is 0.588. The molecule has 1 aliphatic carbocycles. The number of hydrogen-bond donors (Lipinski definition) is 2. The molecule has 4 rings (SSSR count). The van der Waals surface area contributed by atoms with Gasteiger partial charge in [-0.2, -0.15) is 13.2 Å². The number of amides is 1. The van der Waals surface area contributed by atoms with Gasteiger partial charge in [0.15, 0.2) is 11.5 Å². The molecule has 1 saturated carbocycles. The quantitative estimate of drug-likeness (QED) is 0.770. The van der Waals surface area contributed by atoms with Gasteiger partial charge in [-0.1, -0.05) is 12.8 Å². The number of pyridine rings is 1. The van der Waals surface area contributed by atoms with Gasteiger partial charge in [-0.15, -0.1) is 35.0 Å². The van der Waals surface area contributed by atoms with Crippen LogP contribution in [0.15, 0.2) is 18.3 Å². The molecule has 2 atom stereocenters. The summed E-state index contributed by atoms with van der Waals surface area (Å²) in [6, 6.07) is 2.25. The molecule has 2 aromatic rings. The lowest BCUT2D eigenvalue weighted by molar-refractivity contribution is -0.138. The number of fused-ring (bicyclic) bond motifs is 2. The summed E-state index contributed by atoms with van der Waals surface area (Å²) in [7, 11) is 0. The Bertz CT molecular complexity index is 844. The molecule has 0 radical (unpaired) electrons. The van der Waals surface area contributed by atoms with E-state index in [1.807, 2.05) is 0 Å². The normalized spacial score (nSPS) is 24.2. The van der Waals surface area contributed by atoms with Crippen LogP contribution in [0.1, 0.15) is 37.1 Å². The Kier molecular flexibility index (Phi) is 6.83. The summed E-state index contributed by atoms with van der Waals surface area (Å²) >= 11 is 0. The third-order valence-corrected chi connectivity index (χ3v) is 5.70. The van der Waals surface area contributed by atoms with Crippen molar-refractivity contribution in [3.8, 4) is 0 Å². The Morgan fingerprint density at radius 3 is 2.82 bits per heavy atom. The number of hydrogen-bond acceptors (Lipinski definition) is 4. The SMILES string of the molecule is Cl.Cl.O=C(NCc1nnc2ccc(C(F)(F)F)cn12)[C@@]12CCCC[C@H]1CNC2. The van der Waals surface area contributed by atoms with Gasteiger partial charge in [0.1, 0.15) is 0 Å². The lowest BCUT2D eigenvalue weighted by Gasteiger charge is -2.37. The summed E-state index contributed by atoms with van der Waals surface area (Å²) in [6.45, 7) is 1.55. The minimum Gasteiger partial charge on any atom is -0.348 e. The Labute approximate surface area is 172 Å². The summed E-state index contributed by atoms with van der Waals surface area (Å²) < 4.78 is 40.1. The van der Waals surface area contributed by atoms with E-state index in [4.69, 9.17) is 0 Å². The fourth-order valence-corrected chi connectivity index (χ4v) is 4.25. The Morgan fingerprint density at radius 2 is 2.07 bits per heavy atom. The highest BCUT2D eigenvalue weighted by Crippen LogP contribution is 2.43. The van der Waals surface area contributed by atoms with Crippen molar-refractivity contribution >= 4 is 36.4 Å². The second-order valence-electron chi connectivity index (χ2n) is 7.17. The zero-order valence-corrected chi connectivity index (χ0v) is 16.6. The van der Waals surface area contributed by atoms with E-state index in [9.17, 15) is 18.0 Å². The molecule has 2 aliphatic rings. The van der Waals surface area contributed by atoms with E-state index in [0.717, 1.165) is 44.5 Å². The minimum atomic E-state index is -4.44. The zero-order chi connectivity index (χ0) is 18.4. The fourth-order valence-electron chi connectivity index (χ4n) is 4.25. The van der Waals surface area contributed by atoms with Gasteiger partial charge in [0.2, 0.25) is 5.91 Å². The van der Waals surface area contributed by atoms with E-state index in [1.54, 1.807) is 0 Å². The van der Waals surface area contributed by atoms with Crippen LogP contribution in [0.3, 0.4) is 0 Å². The first-order valence-corrected chi connectivity index (χ1v) is 8.80. The van der Waals surface area contributed by atoms with Gasteiger partial charge in [0.05, 0.1) is 17.5 Å². The second-order valence-corrected chi connectivity index (χ2v) is 7.17. The van der Waals surface area contributed by atoms with Gasteiger partial charge in [-0.05, 0) is 37.4 Å². The van der Waals surface area contributed by atoms with Gasteiger partial charge in [-0.3, -0.25) is 9.20 Å². The molecule has 11 heteroatoms. The molecule has 3 heterocycles. The Morgan fingerprint density at radius 1 is 1.29 bits per heavy atom. The number of nitrogens with zero attached hydrogens (tertiary/aromatic N) is 3. The van der Waals surface area contributed by atoms with E-state index in [-0.39, 0.29) is 43.1 Å². The number of rotatable bonds is 3. The van der Waals surface area contributed by atoms with Crippen molar-refractivity contribution in [2.24, 2.45) is 11.3 Å². The van der Waals surface area contributed by atoms with Crippen LogP contribution in [0.5, 0.6) is 0 Å². The topological polar surface area (TPSA) is 71.3 Å². The molecule has 2 N–H and O–H groups in total. The van der Waals surface area contributed by atoms with Crippen molar-refractivity contribution in [3.05, 3.63) is 29.7 Å². The van der Waals surface area contributed by atoms with Crippen LogP contribution in [-0.2, 0) is 17.5 Å². The maximum absolute atomic E-state index is 12.9. The molecule has 156 valence electrons. The first-order valence-electron chi connectivity index (χ1n) is 8.80. The number of nitrogens with one attached hydrogen (secondary N) is 2. The van der Waals surface area contributed by atoms with E-state index in [0.29, 0.717) is 18.1 Å². The monoisotopic (exact) mass is 439 g/mol. The largest absolute Gasteiger partial charge is 0.417 e. The summed E-state index contributed by atoms with van der Waals surface area (Å²) in [5.74, 6) is 0.563. The molecular formula is C17H22Cl2F3N5O. The summed E-state index contributed by atoms with van der Waals surface area (Å²) in [5, 5.41) is 14.0. The van der Waals surface area contributed by atoms with Crippen molar-refractivity contribution in [1.82, 2.24) is 25.2 Å². The van der Waals surface area contributed by atoms with Crippen molar-refractivity contribution in [2.75, 3.05) is 13.1 Å². The van der Waals surface area contributed by atoms with Gasteiger partial charge >= 0.3 is 6.18 Å². The standard InChI is InChI=1S/C17H20F3N5O.2ClH/c18-17(19,20)12-4-5-13-23-24-14(25(13)9-12)8-22-15(26)16-6-2-1-3-11(16)7-21-10-16;;/h4-5,9,11,21H,1-3,6-8,10H2,(H,22,26);2*1H/t11-,16+;;/m0../s1. The Balaban J connectivity index is 0.00000140. The highest BCUT2D eigenvalue weighted by Gasteiger charge is 2.49. The molecule has 6 nitrogen and oxygen atoms in total. The lowest BCUT2D eigenvalue weighted by atomic mass is 9.67. The summed E-state index contributed by atoms with van der Waals surface area (Å²) in [5.41, 5.74) is -0.864. The van der Waals surface area contributed by atoms with Crippen LogP contribution in [0, 0.1) is 11.3 Å². The predicted molar refractivity (Wildman–Crippen MR) is 102 cm³/mol. The molecule has 2 fully saturated rings. The van der Waals surface area contributed by atoms with Crippen molar-refractivity contribution in [2.45, 2.75) is 38.4 Å². The van der Waals surface area contributed by atoms with Gasteiger partial charge < -0.3 is 10.6 Å². The van der Waals surface area contributed by atoms with E-state index in [1.165, 1.54) is 10.5 Å².